The molecular formula is C21H26FN3O3S. The lowest BCUT2D eigenvalue weighted by atomic mass is 10.1. The minimum absolute atomic E-state index is 0.102. The zero-order chi connectivity index (χ0) is 21.0. The van der Waals surface area contributed by atoms with Gasteiger partial charge >= 0.3 is 0 Å². The van der Waals surface area contributed by atoms with E-state index in [9.17, 15) is 17.6 Å². The summed E-state index contributed by atoms with van der Waals surface area (Å²) >= 11 is 0. The molecule has 0 bridgehead atoms. The molecule has 0 saturated carbocycles. The smallest absolute Gasteiger partial charge is 0.251 e. The molecule has 0 spiro atoms. The van der Waals surface area contributed by atoms with E-state index in [-0.39, 0.29) is 10.8 Å². The fourth-order valence-corrected chi connectivity index (χ4v) is 4.91. The Bertz CT molecular complexity index is 949. The second-order valence-electron chi connectivity index (χ2n) is 7.33. The molecule has 1 heterocycles. The molecule has 1 amide bonds. The molecule has 156 valence electrons. The zero-order valence-corrected chi connectivity index (χ0v) is 17.5. The fourth-order valence-electron chi connectivity index (χ4n) is 3.48. The fraction of sp³-hybridized carbons (Fsp3) is 0.381. The number of carbonyl (C=O) groups excluding carboxylic acids is 1. The van der Waals surface area contributed by atoms with Crippen LogP contribution >= 0.6 is 0 Å². The van der Waals surface area contributed by atoms with Gasteiger partial charge in [-0.05, 0) is 50.2 Å². The van der Waals surface area contributed by atoms with Crippen LogP contribution in [-0.4, -0.2) is 62.8 Å². The molecule has 1 fully saturated rings. The maximum absolute atomic E-state index is 13.0. The molecule has 8 heteroatoms. The average molecular weight is 420 g/mol. The molecule has 1 saturated heterocycles. The van der Waals surface area contributed by atoms with Crippen LogP contribution in [0.2, 0.25) is 0 Å². The van der Waals surface area contributed by atoms with E-state index in [4.69, 9.17) is 0 Å². The van der Waals surface area contributed by atoms with Crippen LogP contribution in [0.4, 0.5) is 4.39 Å². The minimum atomic E-state index is -3.61. The second-order valence-corrected chi connectivity index (χ2v) is 9.27. The molecule has 3 rings (SSSR count). The molecule has 0 aliphatic carbocycles. The van der Waals surface area contributed by atoms with Gasteiger partial charge in [-0.3, -0.25) is 9.69 Å². The largest absolute Gasteiger partial charge is 0.351 e. The number of amides is 1. The summed E-state index contributed by atoms with van der Waals surface area (Å²) in [7, 11) is -3.61. The van der Waals surface area contributed by atoms with E-state index in [0.717, 1.165) is 23.3 Å². The van der Waals surface area contributed by atoms with Crippen LogP contribution in [0, 0.1) is 19.7 Å². The normalized spacial score (nSPS) is 16.0. The number of aryl methyl sites for hydroxylation is 2. The molecule has 0 aromatic heterocycles. The van der Waals surface area contributed by atoms with E-state index >= 15 is 0 Å². The van der Waals surface area contributed by atoms with Crippen LogP contribution < -0.4 is 5.32 Å². The van der Waals surface area contributed by atoms with Gasteiger partial charge in [-0.1, -0.05) is 17.2 Å². The Kier molecular flexibility index (Phi) is 6.66. The molecule has 0 unspecified atom stereocenters. The molecule has 0 radical (unpaired) electrons. The van der Waals surface area contributed by atoms with Crippen LogP contribution in [0.15, 0.2) is 47.4 Å². The number of rotatable bonds is 6. The van der Waals surface area contributed by atoms with Crippen molar-refractivity contribution in [3.05, 3.63) is 65.0 Å². The summed E-state index contributed by atoms with van der Waals surface area (Å²) in [5.41, 5.74) is 2.75. The number of piperazine rings is 1. The van der Waals surface area contributed by atoms with Gasteiger partial charge in [0.2, 0.25) is 10.0 Å². The maximum atomic E-state index is 13.0. The number of sulfonamides is 1. The first-order valence-electron chi connectivity index (χ1n) is 9.60. The molecule has 1 aliphatic heterocycles. The quantitative estimate of drug-likeness (QED) is 0.779. The lowest BCUT2D eigenvalue weighted by Crippen LogP contribution is -2.50. The van der Waals surface area contributed by atoms with Gasteiger partial charge in [0.15, 0.2) is 0 Å². The number of hydrogen-bond acceptors (Lipinski definition) is 4. The summed E-state index contributed by atoms with van der Waals surface area (Å²) in [5.74, 6) is -0.564. The molecule has 1 N–H and O–H groups in total. The van der Waals surface area contributed by atoms with Crippen molar-refractivity contribution in [2.75, 3.05) is 39.3 Å². The topological polar surface area (TPSA) is 69.7 Å². The number of carbonyl (C=O) groups is 1. The summed E-state index contributed by atoms with van der Waals surface area (Å²) in [4.78, 5) is 14.5. The van der Waals surface area contributed by atoms with Crippen molar-refractivity contribution in [3.8, 4) is 0 Å². The summed E-state index contributed by atoms with van der Waals surface area (Å²) in [6.45, 7) is 6.97. The van der Waals surface area contributed by atoms with Crippen molar-refractivity contribution in [2.45, 2.75) is 18.7 Å². The lowest BCUT2D eigenvalue weighted by Gasteiger charge is -2.33. The number of nitrogens with zero attached hydrogens (tertiary/aromatic N) is 2. The molecule has 29 heavy (non-hydrogen) atoms. The summed E-state index contributed by atoms with van der Waals surface area (Å²) in [6, 6.07) is 10.6. The first-order valence-corrected chi connectivity index (χ1v) is 11.0. The van der Waals surface area contributed by atoms with Gasteiger partial charge in [0, 0.05) is 44.8 Å². The number of nitrogens with one attached hydrogen (secondary N) is 1. The predicted molar refractivity (Wildman–Crippen MR) is 110 cm³/mol. The van der Waals surface area contributed by atoms with Crippen LogP contribution in [0.3, 0.4) is 0 Å². The van der Waals surface area contributed by atoms with Crippen molar-refractivity contribution in [1.29, 1.82) is 0 Å². The minimum Gasteiger partial charge on any atom is -0.351 e. The highest BCUT2D eigenvalue weighted by Gasteiger charge is 2.28. The van der Waals surface area contributed by atoms with Crippen molar-refractivity contribution in [2.24, 2.45) is 0 Å². The van der Waals surface area contributed by atoms with E-state index in [1.165, 1.54) is 16.4 Å². The summed E-state index contributed by atoms with van der Waals surface area (Å²) in [5, 5.41) is 2.93. The van der Waals surface area contributed by atoms with Crippen LogP contribution in [0.25, 0.3) is 0 Å². The lowest BCUT2D eigenvalue weighted by molar-refractivity contribution is 0.0945. The number of benzene rings is 2. The second kappa shape index (κ2) is 9.02. The SMILES string of the molecule is Cc1cc(C)cc(C(=O)NCCN2CCN(S(=O)(=O)c3ccc(F)cc3)CC2)c1. The summed E-state index contributed by atoms with van der Waals surface area (Å²) < 4.78 is 39.8. The monoisotopic (exact) mass is 419 g/mol. The van der Waals surface area contributed by atoms with E-state index in [2.05, 4.69) is 10.2 Å². The predicted octanol–water partition coefficient (Wildman–Crippen LogP) is 2.18. The maximum Gasteiger partial charge on any atom is 0.251 e. The molecule has 1 aliphatic rings. The van der Waals surface area contributed by atoms with Crippen LogP contribution in [-0.2, 0) is 10.0 Å². The van der Waals surface area contributed by atoms with Crippen molar-refractivity contribution in [1.82, 2.24) is 14.5 Å². The Hall–Kier alpha value is -2.29. The molecule has 2 aromatic carbocycles. The van der Waals surface area contributed by atoms with Crippen molar-refractivity contribution >= 4 is 15.9 Å². The molecular weight excluding hydrogens is 393 g/mol. The highest BCUT2D eigenvalue weighted by molar-refractivity contribution is 7.89. The third kappa shape index (κ3) is 5.41. The van der Waals surface area contributed by atoms with E-state index < -0.39 is 15.8 Å². The van der Waals surface area contributed by atoms with Crippen molar-refractivity contribution < 1.29 is 17.6 Å². The van der Waals surface area contributed by atoms with Gasteiger partial charge < -0.3 is 5.32 Å². The molecule has 0 atom stereocenters. The van der Waals surface area contributed by atoms with E-state index in [1.54, 1.807) is 0 Å². The Morgan fingerprint density at radius 3 is 2.17 bits per heavy atom. The standard InChI is InChI=1S/C21H26FN3O3S/c1-16-13-17(2)15-18(14-16)21(26)23-7-8-24-9-11-25(12-10-24)29(27,28)20-5-3-19(22)4-6-20/h3-6,13-15H,7-12H2,1-2H3,(H,23,26). The van der Waals surface area contributed by atoms with Gasteiger partial charge in [-0.15, -0.1) is 0 Å². The Labute approximate surface area is 171 Å². The van der Waals surface area contributed by atoms with Crippen LogP contribution in [0.1, 0.15) is 21.5 Å². The highest BCUT2D eigenvalue weighted by atomic mass is 32.2. The van der Waals surface area contributed by atoms with Gasteiger partial charge in [0.25, 0.3) is 5.91 Å². The number of hydrogen-bond donors (Lipinski definition) is 1. The third-order valence-corrected chi connectivity index (χ3v) is 6.89. The number of halogens is 1. The van der Waals surface area contributed by atoms with Crippen LogP contribution in [0.5, 0.6) is 0 Å². The summed E-state index contributed by atoms with van der Waals surface area (Å²) in [6.07, 6.45) is 0. The van der Waals surface area contributed by atoms with Gasteiger partial charge in [-0.25, -0.2) is 12.8 Å². The first-order chi connectivity index (χ1) is 13.8. The Morgan fingerprint density at radius 1 is 1.00 bits per heavy atom. The first kappa shape index (κ1) is 21.4. The Morgan fingerprint density at radius 2 is 1.59 bits per heavy atom. The van der Waals surface area contributed by atoms with Crippen molar-refractivity contribution in [3.63, 3.8) is 0 Å². The molecule has 2 aromatic rings. The zero-order valence-electron chi connectivity index (χ0n) is 16.7. The molecule has 6 nitrogen and oxygen atoms in total. The third-order valence-electron chi connectivity index (χ3n) is 4.98. The Balaban J connectivity index is 1.47. The van der Waals surface area contributed by atoms with Gasteiger partial charge in [-0.2, -0.15) is 4.31 Å². The average Bonchev–Trinajstić information content (AvgIpc) is 2.68. The van der Waals surface area contributed by atoms with Gasteiger partial charge in [0.05, 0.1) is 4.90 Å². The van der Waals surface area contributed by atoms with E-state index in [1.807, 2.05) is 32.0 Å². The van der Waals surface area contributed by atoms with Gasteiger partial charge in [0.1, 0.15) is 5.82 Å². The van der Waals surface area contributed by atoms with E-state index in [0.29, 0.717) is 44.8 Å². The highest BCUT2D eigenvalue weighted by Crippen LogP contribution is 2.18.